The van der Waals surface area contributed by atoms with E-state index in [1.54, 1.807) is 0 Å². The Morgan fingerprint density at radius 2 is 2.21 bits per heavy atom. The van der Waals surface area contributed by atoms with Crippen molar-refractivity contribution >= 4 is 11.7 Å². The number of nitro benzene ring substituents is 1. The number of aliphatic carboxylic acids is 1. The van der Waals surface area contributed by atoms with E-state index in [9.17, 15) is 19.3 Å². The maximum Gasteiger partial charge on any atom is 0.304 e. The summed E-state index contributed by atoms with van der Waals surface area (Å²) in [6, 6.07) is 1.98. The summed E-state index contributed by atoms with van der Waals surface area (Å²) in [4.78, 5) is 20.9. The number of carboxylic acid groups (broad SMARTS) is 1. The van der Waals surface area contributed by atoms with Crippen LogP contribution in [0, 0.1) is 15.9 Å². The van der Waals surface area contributed by atoms with Crippen LogP contribution in [-0.2, 0) is 10.2 Å². The molecule has 0 bridgehead atoms. The lowest BCUT2D eigenvalue weighted by atomic mass is 9.91. The number of non-ortho nitro benzene ring substituents is 1. The van der Waals surface area contributed by atoms with Crippen molar-refractivity contribution in [3.8, 4) is 5.75 Å². The summed E-state index contributed by atoms with van der Waals surface area (Å²) in [7, 11) is 1.25. The van der Waals surface area contributed by atoms with Crippen molar-refractivity contribution in [1.29, 1.82) is 0 Å². The van der Waals surface area contributed by atoms with Gasteiger partial charge in [-0.3, -0.25) is 14.9 Å². The number of ether oxygens (including phenoxy) is 1. The molecule has 0 amide bonds. The standard InChI is InChI=1S/C12H12FNO5/c1-19-11-8(12(2-3-12)6-10(15)16)4-7(14(17)18)5-9(11)13/h4-5H,2-3,6H2,1H3,(H,15,16). The van der Waals surface area contributed by atoms with Crippen molar-refractivity contribution in [1.82, 2.24) is 0 Å². The van der Waals surface area contributed by atoms with Gasteiger partial charge in [0.25, 0.3) is 5.69 Å². The van der Waals surface area contributed by atoms with Gasteiger partial charge in [0.1, 0.15) is 0 Å². The van der Waals surface area contributed by atoms with Gasteiger partial charge in [-0.1, -0.05) is 0 Å². The Bertz CT molecular complexity index is 553. The number of carbonyl (C=O) groups is 1. The molecule has 0 heterocycles. The molecule has 0 radical (unpaired) electrons. The van der Waals surface area contributed by atoms with E-state index in [2.05, 4.69) is 0 Å². The summed E-state index contributed by atoms with van der Waals surface area (Å²) >= 11 is 0. The van der Waals surface area contributed by atoms with E-state index in [1.165, 1.54) is 13.2 Å². The molecule has 0 unspecified atom stereocenters. The first-order chi connectivity index (χ1) is 8.89. The number of rotatable bonds is 5. The molecular formula is C12H12FNO5. The van der Waals surface area contributed by atoms with Gasteiger partial charge >= 0.3 is 5.97 Å². The molecule has 0 spiro atoms. The van der Waals surface area contributed by atoms with Crippen molar-refractivity contribution in [2.24, 2.45) is 0 Å². The van der Waals surface area contributed by atoms with E-state index in [-0.39, 0.29) is 17.7 Å². The van der Waals surface area contributed by atoms with E-state index in [1.807, 2.05) is 0 Å². The van der Waals surface area contributed by atoms with Crippen LogP contribution in [0.15, 0.2) is 12.1 Å². The SMILES string of the molecule is COc1c(F)cc([N+](=O)[O-])cc1C1(CC(=O)O)CC1. The van der Waals surface area contributed by atoms with Crippen LogP contribution >= 0.6 is 0 Å². The largest absolute Gasteiger partial charge is 0.493 e. The molecule has 1 aromatic rings. The van der Waals surface area contributed by atoms with Crippen molar-refractivity contribution in [3.63, 3.8) is 0 Å². The highest BCUT2D eigenvalue weighted by molar-refractivity contribution is 5.71. The molecule has 0 aliphatic heterocycles. The Morgan fingerprint density at radius 3 is 2.63 bits per heavy atom. The fourth-order valence-corrected chi connectivity index (χ4v) is 2.27. The predicted molar refractivity (Wildman–Crippen MR) is 62.8 cm³/mol. The molecule has 2 rings (SSSR count). The normalized spacial score (nSPS) is 15.9. The first kappa shape index (κ1) is 13.3. The lowest BCUT2D eigenvalue weighted by molar-refractivity contribution is -0.385. The van der Waals surface area contributed by atoms with Gasteiger partial charge in [0.15, 0.2) is 11.6 Å². The van der Waals surface area contributed by atoms with Crippen LogP contribution in [-0.4, -0.2) is 23.1 Å². The second-order valence-corrected chi connectivity index (χ2v) is 4.62. The number of benzene rings is 1. The molecule has 0 aromatic heterocycles. The third-order valence-corrected chi connectivity index (χ3v) is 3.36. The molecule has 6 nitrogen and oxygen atoms in total. The zero-order valence-corrected chi connectivity index (χ0v) is 10.2. The zero-order valence-electron chi connectivity index (χ0n) is 10.2. The molecule has 1 aromatic carbocycles. The molecule has 19 heavy (non-hydrogen) atoms. The van der Waals surface area contributed by atoms with Crippen molar-refractivity contribution in [3.05, 3.63) is 33.6 Å². The van der Waals surface area contributed by atoms with Gasteiger partial charge in [-0.2, -0.15) is 0 Å². The minimum Gasteiger partial charge on any atom is -0.493 e. The van der Waals surface area contributed by atoms with E-state index >= 15 is 0 Å². The Balaban J connectivity index is 2.54. The number of nitro groups is 1. The van der Waals surface area contributed by atoms with Crippen LogP contribution in [0.1, 0.15) is 24.8 Å². The molecule has 1 fully saturated rings. The molecule has 102 valence electrons. The van der Waals surface area contributed by atoms with Crippen LogP contribution in [0.25, 0.3) is 0 Å². The third-order valence-electron chi connectivity index (χ3n) is 3.36. The van der Waals surface area contributed by atoms with Gasteiger partial charge in [-0.05, 0) is 12.8 Å². The van der Waals surface area contributed by atoms with Gasteiger partial charge in [0, 0.05) is 17.0 Å². The van der Waals surface area contributed by atoms with Crippen LogP contribution in [0.3, 0.4) is 0 Å². The highest BCUT2D eigenvalue weighted by atomic mass is 19.1. The number of hydrogen-bond donors (Lipinski definition) is 1. The van der Waals surface area contributed by atoms with Crippen LogP contribution in [0.4, 0.5) is 10.1 Å². The van der Waals surface area contributed by atoms with E-state index < -0.39 is 27.8 Å². The molecule has 0 saturated heterocycles. The molecule has 7 heteroatoms. The van der Waals surface area contributed by atoms with E-state index in [4.69, 9.17) is 9.84 Å². The summed E-state index contributed by atoms with van der Waals surface area (Å²) in [5, 5.41) is 19.6. The lowest BCUT2D eigenvalue weighted by Crippen LogP contribution is -2.15. The number of hydrogen-bond acceptors (Lipinski definition) is 4. The summed E-state index contributed by atoms with van der Waals surface area (Å²) < 4.78 is 18.7. The van der Waals surface area contributed by atoms with Gasteiger partial charge in [-0.15, -0.1) is 0 Å². The minimum absolute atomic E-state index is 0.107. The average Bonchev–Trinajstić information content (AvgIpc) is 3.07. The summed E-state index contributed by atoms with van der Waals surface area (Å²) in [5.41, 5.74) is -0.876. The Labute approximate surface area is 108 Å². The lowest BCUT2D eigenvalue weighted by Gasteiger charge is -2.17. The third kappa shape index (κ3) is 2.35. The van der Waals surface area contributed by atoms with Crippen molar-refractivity contribution in [2.45, 2.75) is 24.7 Å². The summed E-state index contributed by atoms with van der Waals surface area (Å²) in [5.74, 6) is -1.97. The van der Waals surface area contributed by atoms with Gasteiger partial charge in [-0.25, -0.2) is 4.39 Å². The summed E-state index contributed by atoms with van der Waals surface area (Å²) in [6.45, 7) is 0. The monoisotopic (exact) mass is 269 g/mol. The Kier molecular flexibility index (Phi) is 3.13. The molecular weight excluding hydrogens is 257 g/mol. The van der Waals surface area contributed by atoms with Crippen LogP contribution < -0.4 is 4.74 Å². The fourth-order valence-electron chi connectivity index (χ4n) is 2.27. The fraction of sp³-hybridized carbons (Fsp3) is 0.417. The highest BCUT2D eigenvalue weighted by Gasteiger charge is 2.49. The number of methoxy groups -OCH3 is 1. The minimum atomic E-state index is -1.02. The second kappa shape index (κ2) is 4.49. The average molecular weight is 269 g/mol. The summed E-state index contributed by atoms with van der Waals surface area (Å²) in [6.07, 6.45) is 0.913. The maximum absolute atomic E-state index is 13.8. The Hall–Kier alpha value is -2.18. The van der Waals surface area contributed by atoms with Crippen LogP contribution in [0.2, 0.25) is 0 Å². The maximum atomic E-state index is 13.8. The van der Waals surface area contributed by atoms with Crippen molar-refractivity contribution in [2.75, 3.05) is 7.11 Å². The van der Waals surface area contributed by atoms with E-state index in [0.29, 0.717) is 12.8 Å². The molecule has 1 N–H and O–H groups in total. The Morgan fingerprint density at radius 1 is 1.58 bits per heavy atom. The first-order valence-corrected chi connectivity index (χ1v) is 5.64. The molecule has 1 aliphatic carbocycles. The predicted octanol–water partition coefficient (Wildman–Crippen LogP) is 2.25. The molecule has 1 aliphatic rings. The highest BCUT2D eigenvalue weighted by Crippen LogP contribution is 2.55. The van der Waals surface area contributed by atoms with Gasteiger partial charge in [0.2, 0.25) is 0 Å². The first-order valence-electron chi connectivity index (χ1n) is 5.64. The van der Waals surface area contributed by atoms with E-state index in [0.717, 1.165) is 6.07 Å². The van der Waals surface area contributed by atoms with Crippen molar-refractivity contribution < 1.29 is 24.0 Å². The van der Waals surface area contributed by atoms with Crippen LogP contribution in [0.5, 0.6) is 5.75 Å². The number of halogens is 1. The topological polar surface area (TPSA) is 89.7 Å². The quantitative estimate of drug-likeness (QED) is 0.654. The van der Waals surface area contributed by atoms with Gasteiger partial charge in [0.05, 0.1) is 24.5 Å². The number of carboxylic acids is 1. The molecule has 1 saturated carbocycles. The molecule has 0 atom stereocenters. The zero-order chi connectivity index (χ0) is 14.2. The second-order valence-electron chi connectivity index (χ2n) is 4.62. The van der Waals surface area contributed by atoms with Gasteiger partial charge < -0.3 is 9.84 Å². The number of nitrogens with zero attached hydrogens (tertiary/aromatic N) is 1. The smallest absolute Gasteiger partial charge is 0.304 e.